The van der Waals surface area contributed by atoms with Crippen molar-refractivity contribution in [3.63, 3.8) is 0 Å². The van der Waals surface area contributed by atoms with Crippen molar-refractivity contribution in [2.24, 2.45) is 0 Å². The third kappa shape index (κ3) is 3.83. The molecule has 98 valence electrons. The molecule has 4 heteroatoms. The van der Waals surface area contributed by atoms with Crippen molar-refractivity contribution in [1.29, 1.82) is 0 Å². The average molecular weight is 321 g/mol. The summed E-state index contributed by atoms with van der Waals surface area (Å²) in [6.07, 6.45) is 0. The van der Waals surface area contributed by atoms with E-state index in [9.17, 15) is 4.79 Å². The van der Waals surface area contributed by atoms with Gasteiger partial charge in [-0.2, -0.15) is 0 Å². The highest BCUT2D eigenvalue weighted by Gasteiger charge is 2.06. The van der Waals surface area contributed by atoms with Crippen molar-refractivity contribution in [2.75, 3.05) is 7.11 Å². The summed E-state index contributed by atoms with van der Waals surface area (Å²) < 4.78 is 11.3. The van der Waals surface area contributed by atoms with Crippen LogP contribution in [0.2, 0.25) is 0 Å². The van der Waals surface area contributed by atoms with Gasteiger partial charge in [-0.3, -0.25) is 0 Å². The van der Waals surface area contributed by atoms with E-state index < -0.39 is 0 Å². The van der Waals surface area contributed by atoms with E-state index in [4.69, 9.17) is 4.74 Å². The van der Waals surface area contributed by atoms with Gasteiger partial charge in [-0.15, -0.1) is 0 Å². The van der Waals surface area contributed by atoms with Gasteiger partial charge in [-0.05, 0) is 35.9 Å². The lowest BCUT2D eigenvalue weighted by Gasteiger charge is -2.07. The summed E-state index contributed by atoms with van der Waals surface area (Å²) in [4.78, 5) is 11.4. The molecule has 0 radical (unpaired) electrons. The minimum atomic E-state index is -0.367. The van der Waals surface area contributed by atoms with Crippen molar-refractivity contribution in [1.82, 2.24) is 0 Å². The lowest BCUT2D eigenvalue weighted by atomic mass is 10.2. The Hall–Kier alpha value is -1.81. The van der Waals surface area contributed by atoms with Gasteiger partial charge < -0.3 is 9.47 Å². The van der Waals surface area contributed by atoms with Crippen LogP contribution in [0.15, 0.2) is 53.0 Å². The van der Waals surface area contributed by atoms with E-state index >= 15 is 0 Å². The molecule has 0 bridgehead atoms. The number of carbonyl (C=O) groups excluding carboxylic acids is 1. The Morgan fingerprint density at radius 1 is 1.16 bits per heavy atom. The third-order valence-corrected chi connectivity index (χ3v) is 3.10. The molecule has 2 aromatic carbocycles. The normalized spacial score (nSPS) is 10.0. The number of halogens is 1. The molecule has 3 nitrogen and oxygen atoms in total. The predicted molar refractivity (Wildman–Crippen MR) is 76.3 cm³/mol. The smallest absolute Gasteiger partial charge is 0.337 e. The Morgan fingerprint density at radius 3 is 2.58 bits per heavy atom. The van der Waals surface area contributed by atoms with Crippen molar-refractivity contribution in [2.45, 2.75) is 6.61 Å². The number of rotatable bonds is 4. The van der Waals surface area contributed by atoms with Crippen molar-refractivity contribution >= 4 is 21.9 Å². The van der Waals surface area contributed by atoms with E-state index in [1.54, 1.807) is 18.2 Å². The maximum atomic E-state index is 11.4. The number of methoxy groups -OCH3 is 1. The highest BCUT2D eigenvalue weighted by Crippen LogP contribution is 2.17. The van der Waals surface area contributed by atoms with Gasteiger partial charge >= 0.3 is 5.97 Å². The summed E-state index contributed by atoms with van der Waals surface area (Å²) in [6.45, 7) is 0.456. The molecule has 0 saturated heterocycles. The largest absolute Gasteiger partial charge is 0.489 e. The highest BCUT2D eigenvalue weighted by atomic mass is 79.9. The molecular formula is C15H13BrO3. The maximum Gasteiger partial charge on any atom is 0.337 e. The van der Waals surface area contributed by atoms with Crippen LogP contribution in [0.5, 0.6) is 5.75 Å². The second-order valence-corrected chi connectivity index (χ2v) is 4.85. The summed E-state index contributed by atoms with van der Waals surface area (Å²) in [5.74, 6) is 0.278. The van der Waals surface area contributed by atoms with E-state index in [-0.39, 0.29) is 5.97 Å². The summed E-state index contributed by atoms with van der Waals surface area (Å²) in [5.41, 5.74) is 1.54. The van der Waals surface area contributed by atoms with Crippen LogP contribution in [0.1, 0.15) is 15.9 Å². The number of hydrogen-bond acceptors (Lipinski definition) is 3. The number of esters is 1. The molecule has 2 aromatic rings. The summed E-state index contributed by atoms with van der Waals surface area (Å²) in [5, 5.41) is 0. The summed E-state index contributed by atoms with van der Waals surface area (Å²) >= 11 is 3.38. The second kappa shape index (κ2) is 6.38. The fraction of sp³-hybridized carbons (Fsp3) is 0.133. The first-order valence-corrected chi connectivity index (χ1v) is 6.54. The lowest BCUT2D eigenvalue weighted by Crippen LogP contribution is -2.02. The standard InChI is InChI=1S/C15H13BrO3/c1-18-15(17)12-3-2-4-14(9-12)19-10-11-5-7-13(16)8-6-11/h2-9H,10H2,1H3. The van der Waals surface area contributed by atoms with E-state index in [2.05, 4.69) is 20.7 Å². The molecule has 0 amide bonds. The summed E-state index contributed by atoms with van der Waals surface area (Å²) in [6, 6.07) is 14.8. The lowest BCUT2D eigenvalue weighted by molar-refractivity contribution is 0.0600. The van der Waals surface area contributed by atoms with Gasteiger partial charge in [0, 0.05) is 4.47 Å². The Balaban J connectivity index is 2.03. The Morgan fingerprint density at radius 2 is 1.89 bits per heavy atom. The van der Waals surface area contributed by atoms with Crippen LogP contribution in [-0.2, 0) is 11.3 Å². The minimum absolute atomic E-state index is 0.367. The van der Waals surface area contributed by atoms with Gasteiger partial charge in [-0.1, -0.05) is 34.1 Å². The van der Waals surface area contributed by atoms with Crippen LogP contribution in [0.3, 0.4) is 0 Å². The zero-order valence-electron chi connectivity index (χ0n) is 10.4. The number of benzene rings is 2. The van der Waals surface area contributed by atoms with Crippen LogP contribution >= 0.6 is 15.9 Å². The van der Waals surface area contributed by atoms with E-state index in [0.29, 0.717) is 17.9 Å². The molecule has 0 atom stereocenters. The minimum Gasteiger partial charge on any atom is -0.489 e. The van der Waals surface area contributed by atoms with E-state index in [1.807, 2.05) is 30.3 Å². The first-order chi connectivity index (χ1) is 9.19. The molecule has 0 unspecified atom stereocenters. The molecule has 0 aliphatic heterocycles. The quantitative estimate of drug-likeness (QED) is 0.803. The third-order valence-electron chi connectivity index (χ3n) is 2.57. The predicted octanol–water partition coefficient (Wildman–Crippen LogP) is 3.81. The van der Waals surface area contributed by atoms with E-state index in [1.165, 1.54) is 7.11 Å². The molecule has 0 N–H and O–H groups in total. The maximum absolute atomic E-state index is 11.4. The molecule has 2 rings (SSSR count). The van der Waals surface area contributed by atoms with Crippen molar-refractivity contribution in [3.8, 4) is 5.75 Å². The average Bonchev–Trinajstić information content (AvgIpc) is 2.46. The number of ether oxygens (including phenoxy) is 2. The SMILES string of the molecule is COC(=O)c1cccc(OCc2ccc(Br)cc2)c1. The molecule has 0 fully saturated rings. The topological polar surface area (TPSA) is 35.5 Å². The molecule has 0 aliphatic rings. The van der Waals surface area contributed by atoms with Crippen molar-refractivity contribution in [3.05, 3.63) is 64.1 Å². The van der Waals surface area contributed by atoms with Gasteiger partial charge in [0.2, 0.25) is 0 Å². The zero-order chi connectivity index (χ0) is 13.7. The Labute approximate surface area is 120 Å². The molecule has 0 aromatic heterocycles. The molecular weight excluding hydrogens is 308 g/mol. The highest BCUT2D eigenvalue weighted by molar-refractivity contribution is 9.10. The van der Waals surface area contributed by atoms with Gasteiger partial charge in [-0.25, -0.2) is 4.79 Å². The molecule has 0 saturated carbocycles. The number of hydrogen-bond donors (Lipinski definition) is 0. The molecule has 0 spiro atoms. The second-order valence-electron chi connectivity index (χ2n) is 3.93. The van der Waals surface area contributed by atoms with Crippen molar-refractivity contribution < 1.29 is 14.3 Å². The molecule has 0 heterocycles. The monoisotopic (exact) mass is 320 g/mol. The van der Waals surface area contributed by atoms with E-state index in [0.717, 1.165) is 10.0 Å². The van der Waals surface area contributed by atoms with Crippen LogP contribution in [0, 0.1) is 0 Å². The van der Waals surface area contributed by atoms with Crippen LogP contribution in [0.4, 0.5) is 0 Å². The molecule has 0 aliphatic carbocycles. The first-order valence-electron chi connectivity index (χ1n) is 5.74. The van der Waals surface area contributed by atoms with Gasteiger partial charge in [0.1, 0.15) is 12.4 Å². The zero-order valence-corrected chi connectivity index (χ0v) is 12.0. The fourth-order valence-corrected chi connectivity index (χ4v) is 1.84. The van der Waals surface area contributed by atoms with Gasteiger partial charge in [0.25, 0.3) is 0 Å². The van der Waals surface area contributed by atoms with Crippen LogP contribution in [-0.4, -0.2) is 13.1 Å². The Bertz CT molecular complexity index is 564. The number of carbonyl (C=O) groups is 1. The van der Waals surface area contributed by atoms with Gasteiger partial charge in [0.15, 0.2) is 0 Å². The van der Waals surface area contributed by atoms with Crippen LogP contribution in [0.25, 0.3) is 0 Å². The Kier molecular flexibility index (Phi) is 4.58. The molecule has 19 heavy (non-hydrogen) atoms. The summed E-state index contributed by atoms with van der Waals surface area (Å²) in [7, 11) is 1.36. The van der Waals surface area contributed by atoms with Crippen LogP contribution < -0.4 is 4.74 Å². The first kappa shape index (κ1) is 13.6. The fourth-order valence-electron chi connectivity index (χ4n) is 1.58. The van der Waals surface area contributed by atoms with Gasteiger partial charge in [0.05, 0.1) is 12.7 Å².